The van der Waals surface area contributed by atoms with Crippen LogP contribution in [0.25, 0.3) is 0 Å². The Balaban J connectivity index is -0.00000000167. The molecular formula is C3H9AgI-3. The van der Waals surface area contributed by atoms with E-state index in [2.05, 4.69) is 17.3 Å². The molecule has 0 atom stereocenters. The van der Waals surface area contributed by atoms with Gasteiger partial charge in [0.2, 0.25) is 0 Å². The molecule has 0 fully saturated rings. The van der Waals surface area contributed by atoms with Crippen LogP contribution in [0.1, 0.15) is 0 Å². The molecule has 0 aromatic heterocycles. The van der Waals surface area contributed by atoms with Crippen molar-refractivity contribution in [3.63, 3.8) is 0 Å². The van der Waals surface area contributed by atoms with Crippen molar-refractivity contribution in [2.75, 3.05) is 0 Å². The summed E-state index contributed by atoms with van der Waals surface area (Å²) in [5.74, 6) is 0. The molecule has 0 saturated carbocycles. The Labute approximate surface area is 58.2 Å². The average molecular weight is 280 g/mol. The zero-order chi connectivity index (χ0) is 2.00. The maximum Gasteiger partial charge on any atom is -0.358 e. The average Bonchev–Trinajstić information content (AvgIpc) is 1.00. The normalized spacial score (nSPS) is 1.40. The fourth-order valence-electron chi connectivity index (χ4n) is 0. The third-order valence-corrected chi connectivity index (χ3v) is 0. The molecule has 2 heteroatoms. The summed E-state index contributed by atoms with van der Waals surface area (Å²) in [4.78, 5) is 0. The van der Waals surface area contributed by atoms with Crippen molar-refractivity contribution in [1.82, 2.24) is 0 Å². The van der Waals surface area contributed by atoms with E-state index in [1.54, 1.807) is 0 Å². The maximum atomic E-state index is 2.92. The fraction of sp³-hybridized carbons (Fsp3) is 0. The quantitative estimate of drug-likeness (QED) is 0.362. The van der Waals surface area contributed by atoms with Gasteiger partial charge in [-0.15, -0.1) is 0 Å². The summed E-state index contributed by atoms with van der Waals surface area (Å²) in [5.41, 5.74) is 0. The predicted molar refractivity (Wildman–Crippen MR) is 33.3 cm³/mol. The van der Waals surface area contributed by atoms with E-state index in [4.69, 9.17) is 0 Å². The van der Waals surface area contributed by atoms with E-state index in [0.29, 0.717) is 0 Å². The molecule has 0 rings (SSSR count). The van der Waals surface area contributed by atoms with Gasteiger partial charge < -0.3 is 22.3 Å². The second kappa shape index (κ2) is 50.6. The minimum Gasteiger partial charge on any atom is -0.358 e. The summed E-state index contributed by atoms with van der Waals surface area (Å²) in [5, 5.41) is 0. The molecule has 0 bridgehead atoms. The Morgan fingerprint density at radius 2 is 0.800 bits per heavy atom. The van der Waals surface area contributed by atoms with Gasteiger partial charge in [0.25, 0.3) is 0 Å². The minimum absolute atomic E-state index is 0. The van der Waals surface area contributed by atoms with E-state index in [-0.39, 0.29) is 22.3 Å². The van der Waals surface area contributed by atoms with Gasteiger partial charge in [-0.05, 0) is 0 Å². The Morgan fingerprint density at radius 1 is 0.800 bits per heavy atom. The van der Waals surface area contributed by atoms with Crippen LogP contribution < -0.4 is 0 Å². The Bertz CT molecular complexity index is 6.85. The molecule has 0 unspecified atom stereocenters. The molecule has 0 radical (unpaired) electrons. The molecule has 0 aromatic rings. The van der Waals surface area contributed by atoms with Gasteiger partial charge >= 0.3 is 36.3 Å². The smallest absolute Gasteiger partial charge is 0.358 e. The second-order valence-electron chi connectivity index (χ2n) is 0. The van der Waals surface area contributed by atoms with Crippen LogP contribution in [-0.2, 0) is 17.3 Å². The van der Waals surface area contributed by atoms with E-state index in [9.17, 15) is 0 Å². The van der Waals surface area contributed by atoms with E-state index in [0.717, 1.165) is 0 Å². The Hall–Kier alpha value is 1.47. The maximum absolute atomic E-state index is 2.92. The summed E-state index contributed by atoms with van der Waals surface area (Å²) >= 11 is 4.88. The topological polar surface area (TPSA) is 0 Å². The molecule has 5 heavy (non-hydrogen) atoms. The van der Waals surface area contributed by atoms with E-state index in [1.807, 2.05) is 19.0 Å². The van der Waals surface area contributed by atoms with Crippen molar-refractivity contribution in [2.45, 2.75) is 0 Å². The SMILES string of the molecule is [Ag][I].[CH3-].[CH3-].[CH3-]. The van der Waals surface area contributed by atoms with Crippen LogP contribution in [0, 0.1) is 22.3 Å². The predicted octanol–water partition coefficient (Wildman–Crippen LogP) is 2.23. The molecule has 0 nitrogen and oxygen atoms in total. The molecule has 0 N–H and O–H groups in total. The van der Waals surface area contributed by atoms with Gasteiger partial charge in [0.05, 0.1) is 0 Å². The van der Waals surface area contributed by atoms with Crippen molar-refractivity contribution in [3.05, 3.63) is 22.3 Å². The first kappa shape index (κ1) is 31.7. The number of rotatable bonds is 0. The van der Waals surface area contributed by atoms with Gasteiger partial charge in [-0.25, -0.2) is 0 Å². The monoisotopic (exact) mass is 279 g/mol. The number of hydrogen-bond acceptors (Lipinski definition) is 0. The van der Waals surface area contributed by atoms with Crippen LogP contribution in [-0.4, -0.2) is 0 Å². The molecule has 0 aliphatic rings. The van der Waals surface area contributed by atoms with Crippen LogP contribution in [0.15, 0.2) is 0 Å². The fourth-order valence-corrected chi connectivity index (χ4v) is 0. The minimum atomic E-state index is 0. The molecular weight excluding hydrogens is 271 g/mol. The first-order valence-electron chi connectivity index (χ1n) is 0.114. The van der Waals surface area contributed by atoms with E-state index < -0.39 is 0 Å². The largest absolute Gasteiger partial charge is 0.358 e. The van der Waals surface area contributed by atoms with Crippen LogP contribution in [0.5, 0.6) is 0 Å². The van der Waals surface area contributed by atoms with Crippen molar-refractivity contribution < 1.29 is 17.3 Å². The first-order chi connectivity index (χ1) is 1.00. The summed E-state index contributed by atoms with van der Waals surface area (Å²) in [7, 11) is 0. The van der Waals surface area contributed by atoms with Crippen molar-refractivity contribution in [1.29, 1.82) is 0 Å². The molecule has 0 aliphatic heterocycles. The third-order valence-electron chi connectivity index (χ3n) is 0. The second-order valence-corrected chi connectivity index (χ2v) is 0. The molecule has 0 aliphatic carbocycles. The van der Waals surface area contributed by atoms with E-state index in [1.165, 1.54) is 0 Å². The van der Waals surface area contributed by atoms with Crippen LogP contribution in [0.3, 0.4) is 0 Å². The molecule has 0 saturated heterocycles. The molecule has 0 heterocycles. The van der Waals surface area contributed by atoms with Gasteiger partial charge in [-0.3, -0.25) is 0 Å². The van der Waals surface area contributed by atoms with Crippen LogP contribution >= 0.6 is 19.0 Å². The summed E-state index contributed by atoms with van der Waals surface area (Å²) in [6, 6.07) is 0. The van der Waals surface area contributed by atoms with Crippen LogP contribution in [0.4, 0.5) is 0 Å². The summed E-state index contributed by atoms with van der Waals surface area (Å²) < 4.78 is 0. The Morgan fingerprint density at radius 3 is 0.800 bits per heavy atom. The molecule has 42 valence electrons. The number of hydrogen-bond donors (Lipinski definition) is 0. The van der Waals surface area contributed by atoms with Gasteiger partial charge in [0.15, 0.2) is 0 Å². The van der Waals surface area contributed by atoms with Crippen LogP contribution in [0.2, 0.25) is 0 Å². The molecule has 0 amide bonds. The van der Waals surface area contributed by atoms with Gasteiger partial charge in [0, 0.05) is 0 Å². The van der Waals surface area contributed by atoms with Crippen molar-refractivity contribution in [3.8, 4) is 0 Å². The standard InChI is InChI=1S/3CH3.Ag.HI/h3*1H3;;1H/q3*-1;+1;/p-1. The zero-order valence-electron chi connectivity index (χ0n) is 3.68. The Kier molecular flexibility index (Phi) is 321. The van der Waals surface area contributed by atoms with Crippen molar-refractivity contribution in [2.24, 2.45) is 0 Å². The van der Waals surface area contributed by atoms with Gasteiger partial charge in [0.1, 0.15) is 0 Å². The van der Waals surface area contributed by atoms with E-state index >= 15 is 0 Å². The third kappa shape index (κ3) is 30.5. The number of halogens is 1. The zero-order valence-corrected chi connectivity index (χ0v) is 7.32. The molecule has 0 aromatic carbocycles. The summed E-state index contributed by atoms with van der Waals surface area (Å²) in [6.07, 6.45) is 0. The van der Waals surface area contributed by atoms with Gasteiger partial charge in [-0.1, -0.05) is 0 Å². The first-order valence-corrected chi connectivity index (χ1v) is 4.52. The van der Waals surface area contributed by atoms with Crippen molar-refractivity contribution >= 4 is 19.0 Å². The summed E-state index contributed by atoms with van der Waals surface area (Å²) in [6.45, 7) is 0. The van der Waals surface area contributed by atoms with Gasteiger partial charge in [-0.2, -0.15) is 0 Å². The molecule has 0 spiro atoms.